The maximum Gasteiger partial charge on any atom is 0.230 e. The molecule has 0 aliphatic heterocycles. The number of nitrogens with one attached hydrogen (secondary N) is 1. The first-order valence-corrected chi connectivity index (χ1v) is 8.42. The molecule has 1 aliphatic carbocycles. The van der Waals surface area contributed by atoms with Gasteiger partial charge in [0.05, 0.1) is 12.9 Å². The van der Waals surface area contributed by atoms with Crippen LogP contribution >= 0.6 is 11.8 Å². The maximum atomic E-state index is 12.0. The molecule has 0 heterocycles. The van der Waals surface area contributed by atoms with Crippen molar-refractivity contribution in [2.75, 3.05) is 18.6 Å². The van der Waals surface area contributed by atoms with Gasteiger partial charge in [-0.2, -0.15) is 0 Å². The van der Waals surface area contributed by atoms with Crippen molar-refractivity contribution in [1.29, 1.82) is 0 Å². The quantitative estimate of drug-likeness (QED) is 0.648. The highest BCUT2D eigenvalue weighted by Gasteiger charge is 2.19. The minimum atomic E-state index is 0.0850. The number of amides is 1. The highest BCUT2D eigenvalue weighted by molar-refractivity contribution is 8.00. The molecule has 1 saturated carbocycles. The number of benzene rings is 1. The molecule has 3 N–H and O–H groups in total. The van der Waals surface area contributed by atoms with Gasteiger partial charge in [0, 0.05) is 16.6 Å². The van der Waals surface area contributed by atoms with Gasteiger partial charge in [0.2, 0.25) is 5.91 Å². The summed E-state index contributed by atoms with van der Waals surface area (Å²) >= 11 is 1.46. The third-order valence-electron chi connectivity index (χ3n) is 3.96. The minimum Gasteiger partial charge on any atom is -0.497 e. The van der Waals surface area contributed by atoms with Crippen LogP contribution in [-0.4, -0.2) is 24.8 Å². The van der Waals surface area contributed by atoms with Crippen molar-refractivity contribution in [3.63, 3.8) is 0 Å². The lowest BCUT2D eigenvalue weighted by atomic mass is 9.87. The fraction of sp³-hybridized carbons (Fsp3) is 0.562. The van der Waals surface area contributed by atoms with Crippen molar-refractivity contribution in [3.05, 3.63) is 18.2 Å². The van der Waals surface area contributed by atoms with Gasteiger partial charge >= 0.3 is 0 Å². The third-order valence-corrected chi connectivity index (χ3v) is 5.03. The van der Waals surface area contributed by atoms with Crippen LogP contribution in [0.15, 0.2) is 23.1 Å². The summed E-state index contributed by atoms with van der Waals surface area (Å²) in [6, 6.07) is 5.84. The second-order valence-electron chi connectivity index (χ2n) is 5.72. The second kappa shape index (κ2) is 7.59. The summed E-state index contributed by atoms with van der Waals surface area (Å²) < 4.78 is 5.18. The number of thioether (sulfide) groups is 1. The summed E-state index contributed by atoms with van der Waals surface area (Å²) in [5.74, 6) is 2.03. The number of ether oxygens (including phenoxy) is 1. The molecule has 5 heteroatoms. The van der Waals surface area contributed by atoms with Crippen LogP contribution < -0.4 is 15.8 Å². The van der Waals surface area contributed by atoms with Crippen LogP contribution in [-0.2, 0) is 4.79 Å². The molecule has 1 aromatic rings. The highest BCUT2D eigenvalue weighted by Crippen LogP contribution is 2.29. The van der Waals surface area contributed by atoms with Crippen molar-refractivity contribution in [3.8, 4) is 5.75 Å². The molecule has 4 nitrogen and oxygen atoms in total. The van der Waals surface area contributed by atoms with Gasteiger partial charge in [0.1, 0.15) is 5.75 Å². The Morgan fingerprint density at radius 2 is 2.10 bits per heavy atom. The van der Waals surface area contributed by atoms with Gasteiger partial charge in [-0.25, -0.2) is 0 Å². The van der Waals surface area contributed by atoms with Crippen molar-refractivity contribution in [2.24, 2.45) is 5.92 Å². The van der Waals surface area contributed by atoms with Crippen LogP contribution in [0.2, 0.25) is 0 Å². The number of carbonyl (C=O) groups is 1. The fourth-order valence-corrected chi connectivity index (χ4v) is 3.39. The highest BCUT2D eigenvalue weighted by atomic mass is 32.2. The summed E-state index contributed by atoms with van der Waals surface area (Å²) in [7, 11) is 1.62. The predicted octanol–water partition coefficient (Wildman–Crippen LogP) is 3.06. The Balaban J connectivity index is 1.81. The molecule has 1 amide bonds. The number of methoxy groups -OCH3 is 1. The van der Waals surface area contributed by atoms with Crippen molar-refractivity contribution in [1.82, 2.24) is 5.32 Å². The molecule has 0 spiro atoms. The average molecular weight is 308 g/mol. The van der Waals surface area contributed by atoms with Gasteiger partial charge in [-0.3, -0.25) is 4.79 Å². The van der Waals surface area contributed by atoms with Crippen LogP contribution in [0.3, 0.4) is 0 Å². The summed E-state index contributed by atoms with van der Waals surface area (Å²) in [6.45, 7) is 2.28. The molecular formula is C16H24N2O2S. The zero-order chi connectivity index (χ0) is 15.2. The van der Waals surface area contributed by atoms with E-state index in [9.17, 15) is 4.79 Å². The molecule has 1 aromatic carbocycles. The van der Waals surface area contributed by atoms with Crippen molar-refractivity contribution in [2.45, 2.75) is 43.5 Å². The van der Waals surface area contributed by atoms with Gasteiger partial charge in [-0.1, -0.05) is 6.92 Å². The summed E-state index contributed by atoms with van der Waals surface area (Å²) in [6.07, 6.45) is 4.61. The lowest BCUT2D eigenvalue weighted by Crippen LogP contribution is -2.38. The topological polar surface area (TPSA) is 64.3 Å². The van der Waals surface area contributed by atoms with Crippen molar-refractivity contribution < 1.29 is 9.53 Å². The van der Waals surface area contributed by atoms with Gasteiger partial charge in [0.25, 0.3) is 0 Å². The largest absolute Gasteiger partial charge is 0.497 e. The monoisotopic (exact) mass is 308 g/mol. The van der Waals surface area contributed by atoms with E-state index in [1.165, 1.54) is 24.6 Å². The fourth-order valence-electron chi connectivity index (χ4n) is 2.58. The van der Waals surface area contributed by atoms with Crippen LogP contribution in [0.4, 0.5) is 5.69 Å². The Bertz CT molecular complexity index is 485. The lowest BCUT2D eigenvalue weighted by Gasteiger charge is -2.26. The first-order valence-electron chi connectivity index (χ1n) is 7.44. The molecule has 1 fully saturated rings. The molecule has 2 rings (SSSR count). The van der Waals surface area contributed by atoms with E-state index in [0.717, 1.165) is 29.4 Å². The zero-order valence-electron chi connectivity index (χ0n) is 12.7. The lowest BCUT2D eigenvalue weighted by molar-refractivity contribution is -0.119. The van der Waals surface area contributed by atoms with E-state index >= 15 is 0 Å². The number of anilines is 1. The van der Waals surface area contributed by atoms with E-state index in [-0.39, 0.29) is 5.91 Å². The average Bonchev–Trinajstić information content (AvgIpc) is 2.49. The van der Waals surface area contributed by atoms with Crippen LogP contribution in [0, 0.1) is 5.92 Å². The van der Waals surface area contributed by atoms with Crippen LogP contribution in [0.5, 0.6) is 5.75 Å². The van der Waals surface area contributed by atoms with Gasteiger partial charge < -0.3 is 15.8 Å². The number of nitrogens with two attached hydrogens (primary N) is 1. The third kappa shape index (κ3) is 4.84. The second-order valence-corrected chi connectivity index (χ2v) is 6.73. The first-order chi connectivity index (χ1) is 10.1. The SMILES string of the molecule is COc1ccc(N)c(SCC(=O)NC2CCC(C)CC2)c1. The summed E-state index contributed by atoms with van der Waals surface area (Å²) in [4.78, 5) is 12.9. The number of hydrogen-bond acceptors (Lipinski definition) is 4. The molecule has 0 radical (unpaired) electrons. The van der Waals surface area contributed by atoms with Gasteiger partial charge in [-0.05, 0) is 49.8 Å². The normalized spacial score (nSPS) is 21.8. The maximum absolute atomic E-state index is 12.0. The van der Waals surface area contributed by atoms with Gasteiger partial charge in [-0.15, -0.1) is 11.8 Å². The predicted molar refractivity (Wildman–Crippen MR) is 87.7 cm³/mol. The number of hydrogen-bond donors (Lipinski definition) is 2. The number of rotatable bonds is 5. The minimum absolute atomic E-state index is 0.0850. The Morgan fingerprint density at radius 3 is 2.76 bits per heavy atom. The summed E-state index contributed by atoms with van der Waals surface area (Å²) in [5.41, 5.74) is 6.60. The summed E-state index contributed by atoms with van der Waals surface area (Å²) in [5, 5.41) is 3.13. The number of nitrogen functional groups attached to an aromatic ring is 1. The van der Waals surface area contributed by atoms with E-state index in [1.807, 2.05) is 18.2 Å². The van der Waals surface area contributed by atoms with Crippen LogP contribution in [0.25, 0.3) is 0 Å². The molecule has 0 atom stereocenters. The Hall–Kier alpha value is -1.36. The first kappa shape index (κ1) is 16.0. The molecule has 1 aliphatic rings. The van der Waals surface area contributed by atoms with E-state index in [1.54, 1.807) is 7.11 Å². The van der Waals surface area contributed by atoms with Crippen molar-refractivity contribution >= 4 is 23.4 Å². The smallest absolute Gasteiger partial charge is 0.230 e. The van der Waals surface area contributed by atoms with E-state index in [0.29, 0.717) is 17.5 Å². The van der Waals surface area contributed by atoms with E-state index in [4.69, 9.17) is 10.5 Å². The standard InChI is InChI=1S/C16H24N2O2S/c1-11-3-5-12(6-4-11)18-16(19)10-21-15-9-13(20-2)7-8-14(15)17/h7-9,11-12H,3-6,10,17H2,1-2H3,(H,18,19). The van der Waals surface area contributed by atoms with E-state index < -0.39 is 0 Å². The van der Waals surface area contributed by atoms with Gasteiger partial charge in [0.15, 0.2) is 0 Å². The van der Waals surface area contributed by atoms with E-state index in [2.05, 4.69) is 12.2 Å². The zero-order valence-corrected chi connectivity index (χ0v) is 13.5. The Morgan fingerprint density at radius 1 is 1.38 bits per heavy atom. The number of carbonyl (C=O) groups excluding carboxylic acids is 1. The molecule has 0 bridgehead atoms. The molecule has 0 unspecified atom stereocenters. The van der Waals surface area contributed by atoms with Crippen LogP contribution in [0.1, 0.15) is 32.6 Å². The molecule has 21 heavy (non-hydrogen) atoms. The Kier molecular flexibility index (Phi) is 5.79. The Labute approximate surface area is 130 Å². The molecule has 0 aromatic heterocycles. The molecule has 0 saturated heterocycles. The molecule has 116 valence electrons. The molecular weight excluding hydrogens is 284 g/mol.